The number of piperidine rings is 1. The summed E-state index contributed by atoms with van der Waals surface area (Å²) in [5.41, 5.74) is 3.12. The fourth-order valence-corrected chi connectivity index (χ4v) is 3.37. The number of nitriles is 1. The van der Waals surface area contributed by atoms with Crippen LogP contribution in [-0.2, 0) is 11.2 Å². The van der Waals surface area contributed by atoms with Crippen LogP contribution in [-0.4, -0.2) is 30.5 Å². The minimum absolute atomic E-state index is 0.0708. The zero-order chi connectivity index (χ0) is 18.4. The highest BCUT2D eigenvalue weighted by molar-refractivity contribution is 5.79. The molecule has 0 saturated carbocycles. The first kappa shape index (κ1) is 17.9. The Bertz CT molecular complexity index is 786. The highest BCUT2D eigenvalue weighted by Crippen LogP contribution is 2.22. The molecule has 1 aromatic carbocycles. The molecule has 2 heterocycles. The molecule has 0 bridgehead atoms. The van der Waals surface area contributed by atoms with Crippen molar-refractivity contribution in [3.05, 3.63) is 59.3 Å². The largest absolute Gasteiger partial charge is 0.357 e. The molecule has 3 rings (SSSR count). The number of pyridine rings is 1. The van der Waals surface area contributed by atoms with E-state index in [-0.39, 0.29) is 11.8 Å². The minimum Gasteiger partial charge on any atom is -0.357 e. The number of hydrogen-bond donors (Lipinski definition) is 1. The molecule has 1 saturated heterocycles. The Morgan fingerprint density at radius 3 is 2.69 bits per heavy atom. The standard InChI is InChI=1S/C21H24N4O/c1-16-4-2-3-5-18(16)8-11-23-21(26)19-9-12-25(13-10-19)20-7-6-17(14-22)15-24-20/h2-7,15,19H,8-13H2,1H3,(H,23,26). The molecule has 1 aliphatic rings. The summed E-state index contributed by atoms with van der Waals surface area (Å²) in [6, 6.07) is 14.0. The molecule has 0 radical (unpaired) electrons. The molecule has 5 heteroatoms. The summed E-state index contributed by atoms with van der Waals surface area (Å²) in [7, 11) is 0. The Morgan fingerprint density at radius 2 is 2.04 bits per heavy atom. The van der Waals surface area contributed by atoms with Gasteiger partial charge in [-0.2, -0.15) is 5.26 Å². The number of hydrogen-bond acceptors (Lipinski definition) is 4. The van der Waals surface area contributed by atoms with Gasteiger partial charge in [0.05, 0.1) is 5.56 Å². The third-order valence-corrected chi connectivity index (χ3v) is 5.02. The van der Waals surface area contributed by atoms with Crippen molar-refractivity contribution in [1.29, 1.82) is 5.26 Å². The number of nitrogens with one attached hydrogen (secondary N) is 1. The lowest BCUT2D eigenvalue weighted by molar-refractivity contribution is -0.125. The van der Waals surface area contributed by atoms with Crippen molar-refractivity contribution in [1.82, 2.24) is 10.3 Å². The van der Waals surface area contributed by atoms with E-state index in [1.165, 1.54) is 11.1 Å². The molecule has 26 heavy (non-hydrogen) atoms. The first-order valence-corrected chi connectivity index (χ1v) is 9.10. The monoisotopic (exact) mass is 348 g/mol. The van der Waals surface area contributed by atoms with Crippen molar-refractivity contribution in [3.8, 4) is 6.07 Å². The van der Waals surface area contributed by atoms with Gasteiger partial charge in [0.1, 0.15) is 11.9 Å². The smallest absolute Gasteiger partial charge is 0.223 e. The summed E-state index contributed by atoms with van der Waals surface area (Å²) < 4.78 is 0. The molecule has 0 aliphatic carbocycles. The number of carbonyl (C=O) groups excluding carboxylic acids is 1. The predicted molar refractivity (Wildman–Crippen MR) is 102 cm³/mol. The maximum absolute atomic E-state index is 12.4. The summed E-state index contributed by atoms with van der Waals surface area (Å²) in [6.45, 7) is 4.41. The van der Waals surface area contributed by atoms with Crippen molar-refractivity contribution < 1.29 is 4.79 Å². The summed E-state index contributed by atoms with van der Waals surface area (Å²) in [5.74, 6) is 1.11. The van der Waals surface area contributed by atoms with Crippen LogP contribution in [0.25, 0.3) is 0 Å². The molecule has 5 nitrogen and oxygen atoms in total. The van der Waals surface area contributed by atoms with Crippen LogP contribution in [0.3, 0.4) is 0 Å². The van der Waals surface area contributed by atoms with E-state index in [1.54, 1.807) is 12.3 Å². The van der Waals surface area contributed by atoms with Gasteiger partial charge in [-0.3, -0.25) is 4.79 Å². The lowest BCUT2D eigenvalue weighted by Gasteiger charge is -2.32. The number of benzene rings is 1. The van der Waals surface area contributed by atoms with E-state index in [9.17, 15) is 4.79 Å². The third-order valence-electron chi connectivity index (χ3n) is 5.02. The van der Waals surface area contributed by atoms with Crippen molar-refractivity contribution in [2.75, 3.05) is 24.5 Å². The molecule has 0 spiro atoms. The van der Waals surface area contributed by atoms with Gasteiger partial charge >= 0.3 is 0 Å². The third kappa shape index (κ3) is 4.40. The second kappa shape index (κ2) is 8.48. The second-order valence-electron chi connectivity index (χ2n) is 6.75. The maximum atomic E-state index is 12.4. The zero-order valence-electron chi connectivity index (χ0n) is 15.1. The van der Waals surface area contributed by atoms with Gasteiger partial charge in [0.25, 0.3) is 0 Å². The Hall–Kier alpha value is -2.87. The average Bonchev–Trinajstić information content (AvgIpc) is 2.69. The lowest BCUT2D eigenvalue weighted by atomic mass is 9.95. The quantitative estimate of drug-likeness (QED) is 0.902. The summed E-state index contributed by atoms with van der Waals surface area (Å²) >= 11 is 0. The van der Waals surface area contributed by atoms with Crippen LogP contribution in [0.2, 0.25) is 0 Å². The van der Waals surface area contributed by atoms with Gasteiger partial charge in [-0.15, -0.1) is 0 Å². The Labute approximate surface area is 154 Å². The highest BCUT2D eigenvalue weighted by atomic mass is 16.1. The minimum atomic E-state index is 0.0708. The van der Waals surface area contributed by atoms with Gasteiger partial charge in [-0.05, 0) is 49.4 Å². The number of aryl methyl sites for hydroxylation is 1. The van der Waals surface area contributed by atoms with E-state index >= 15 is 0 Å². The van der Waals surface area contributed by atoms with E-state index in [4.69, 9.17) is 5.26 Å². The van der Waals surface area contributed by atoms with E-state index in [0.29, 0.717) is 12.1 Å². The Kier molecular flexibility index (Phi) is 5.85. The number of aromatic nitrogens is 1. The number of amides is 1. The molecule has 1 aliphatic heterocycles. The first-order valence-electron chi connectivity index (χ1n) is 9.10. The van der Waals surface area contributed by atoms with E-state index in [0.717, 1.165) is 38.2 Å². The van der Waals surface area contributed by atoms with Crippen LogP contribution < -0.4 is 10.2 Å². The Morgan fingerprint density at radius 1 is 1.27 bits per heavy atom. The molecule has 134 valence electrons. The van der Waals surface area contributed by atoms with E-state index < -0.39 is 0 Å². The number of rotatable bonds is 5. The fourth-order valence-electron chi connectivity index (χ4n) is 3.37. The van der Waals surface area contributed by atoms with Crippen LogP contribution >= 0.6 is 0 Å². The van der Waals surface area contributed by atoms with Crippen molar-refractivity contribution in [2.24, 2.45) is 5.92 Å². The maximum Gasteiger partial charge on any atom is 0.223 e. The van der Waals surface area contributed by atoms with Gasteiger partial charge in [-0.1, -0.05) is 24.3 Å². The normalized spacial score (nSPS) is 14.7. The van der Waals surface area contributed by atoms with Crippen LogP contribution in [0.1, 0.15) is 29.5 Å². The topological polar surface area (TPSA) is 69.0 Å². The Balaban J connectivity index is 1.44. The molecule has 1 fully saturated rings. The molecule has 0 atom stereocenters. The molecular formula is C21H24N4O. The molecular weight excluding hydrogens is 324 g/mol. The SMILES string of the molecule is Cc1ccccc1CCNC(=O)C1CCN(c2ccc(C#N)cn2)CC1. The molecule has 1 N–H and O–H groups in total. The number of carbonyl (C=O) groups is 1. The van der Waals surface area contributed by atoms with E-state index in [2.05, 4.69) is 40.3 Å². The van der Waals surface area contributed by atoms with Crippen LogP contribution in [0, 0.1) is 24.2 Å². The van der Waals surface area contributed by atoms with Crippen LogP contribution in [0.15, 0.2) is 42.6 Å². The predicted octanol–water partition coefficient (Wildman–Crippen LogP) is 2.84. The van der Waals surface area contributed by atoms with Crippen LogP contribution in [0.5, 0.6) is 0 Å². The van der Waals surface area contributed by atoms with Crippen molar-refractivity contribution in [2.45, 2.75) is 26.2 Å². The van der Waals surface area contributed by atoms with Gasteiger partial charge in [0, 0.05) is 31.7 Å². The first-order chi connectivity index (χ1) is 12.7. The van der Waals surface area contributed by atoms with Gasteiger partial charge in [-0.25, -0.2) is 4.98 Å². The number of anilines is 1. The molecule has 1 aromatic heterocycles. The van der Waals surface area contributed by atoms with Gasteiger partial charge in [0.2, 0.25) is 5.91 Å². The fraction of sp³-hybridized carbons (Fsp3) is 0.381. The van der Waals surface area contributed by atoms with Gasteiger partial charge < -0.3 is 10.2 Å². The average molecular weight is 348 g/mol. The molecule has 2 aromatic rings. The summed E-state index contributed by atoms with van der Waals surface area (Å²) in [6.07, 6.45) is 4.13. The zero-order valence-corrected chi connectivity index (χ0v) is 15.1. The van der Waals surface area contributed by atoms with Gasteiger partial charge in [0.15, 0.2) is 0 Å². The highest BCUT2D eigenvalue weighted by Gasteiger charge is 2.25. The van der Waals surface area contributed by atoms with Crippen molar-refractivity contribution in [3.63, 3.8) is 0 Å². The van der Waals surface area contributed by atoms with Crippen molar-refractivity contribution >= 4 is 11.7 Å². The summed E-state index contributed by atoms with van der Waals surface area (Å²) in [5, 5.41) is 11.9. The number of nitrogens with zero attached hydrogens (tertiary/aromatic N) is 3. The summed E-state index contributed by atoms with van der Waals surface area (Å²) in [4.78, 5) is 18.9. The molecule has 0 unspecified atom stereocenters. The van der Waals surface area contributed by atoms with Crippen LogP contribution in [0.4, 0.5) is 5.82 Å². The second-order valence-corrected chi connectivity index (χ2v) is 6.75. The van der Waals surface area contributed by atoms with E-state index in [1.807, 2.05) is 18.2 Å². The molecule has 1 amide bonds. The lowest BCUT2D eigenvalue weighted by Crippen LogP contribution is -2.41.